The first-order valence-electron chi connectivity index (χ1n) is 7.45. The number of hydrogen-bond donors (Lipinski definition) is 1. The van der Waals surface area contributed by atoms with Gasteiger partial charge in [0.05, 0.1) is 0 Å². The monoisotopic (exact) mass is 245 g/mol. The minimum Gasteiger partial charge on any atom is -0.313 e. The van der Waals surface area contributed by atoms with Crippen LogP contribution in [-0.4, -0.2) is 12.6 Å². The summed E-state index contributed by atoms with van der Waals surface area (Å²) >= 11 is 0. The van der Waals surface area contributed by atoms with Crippen LogP contribution < -0.4 is 5.32 Å². The molecular formula is C17H27N. The third kappa shape index (κ3) is 3.58. The molecule has 1 aliphatic rings. The van der Waals surface area contributed by atoms with Crippen LogP contribution in [0, 0.1) is 11.8 Å². The van der Waals surface area contributed by atoms with Gasteiger partial charge < -0.3 is 5.32 Å². The van der Waals surface area contributed by atoms with Gasteiger partial charge in [0.2, 0.25) is 0 Å². The molecule has 0 saturated heterocycles. The van der Waals surface area contributed by atoms with Crippen LogP contribution in [0.15, 0.2) is 30.3 Å². The Bertz CT molecular complexity index is 346. The van der Waals surface area contributed by atoms with Crippen molar-refractivity contribution in [2.45, 2.75) is 52.0 Å². The molecule has 0 aromatic heterocycles. The highest BCUT2D eigenvalue weighted by molar-refractivity contribution is 5.19. The first-order valence-corrected chi connectivity index (χ1v) is 7.45. The van der Waals surface area contributed by atoms with Crippen LogP contribution >= 0.6 is 0 Å². The third-order valence-corrected chi connectivity index (χ3v) is 4.51. The zero-order valence-electron chi connectivity index (χ0n) is 12.0. The van der Waals surface area contributed by atoms with E-state index in [-0.39, 0.29) is 0 Å². The summed E-state index contributed by atoms with van der Waals surface area (Å²) in [7, 11) is 0. The standard InChI is InChI=1S/C17H27N/c1-13-9-10-14(2)17(11-13)18-12-15(3)16-7-5-4-6-8-16/h4-8,13-15,17-18H,9-12H2,1-3H3. The van der Waals surface area contributed by atoms with Gasteiger partial charge in [-0.3, -0.25) is 0 Å². The Morgan fingerprint density at radius 1 is 1.17 bits per heavy atom. The zero-order chi connectivity index (χ0) is 13.0. The van der Waals surface area contributed by atoms with Gasteiger partial charge in [0.15, 0.2) is 0 Å². The molecule has 0 radical (unpaired) electrons. The van der Waals surface area contributed by atoms with E-state index in [0.717, 1.165) is 24.4 Å². The highest BCUT2D eigenvalue weighted by Crippen LogP contribution is 2.28. The Kier molecular flexibility index (Phi) is 4.82. The van der Waals surface area contributed by atoms with Crippen LogP contribution in [0.25, 0.3) is 0 Å². The third-order valence-electron chi connectivity index (χ3n) is 4.51. The molecule has 1 aromatic carbocycles. The molecule has 0 heterocycles. The van der Waals surface area contributed by atoms with Gasteiger partial charge in [-0.05, 0) is 36.2 Å². The summed E-state index contributed by atoms with van der Waals surface area (Å²) in [6.07, 6.45) is 4.15. The largest absolute Gasteiger partial charge is 0.313 e. The van der Waals surface area contributed by atoms with E-state index < -0.39 is 0 Å². The van der Waals surface area contributed by atoms with Gasteiger partial charge in [0.1, 0.15) is 0 Å². The summed E-state index contributed by atoms with van der Waals surface area (Å²) in [4.78, 5) is 0. The zero-order valence-corrected chi connectivity index (χ0v) is 12.0. The average Bonchev–Trinajstić information content (AvgIpc) is 2.40. The van der Waals surface area contributed by atoms with Crippen molar-refractivity contribution in [3.05, 3.63) is 35.9 Å². The van der Waals surface area contributed by atoms with Gasteiger partial charge in [-0.15, -0.1) is 0 Å². The second-order valence-corrected chi connectivity index (χ2v) is 6.22. The molecule has 1 N–H and O–H groups in total. The topological polar surface area (TPSA) is 12.0 Å². The fourth-order valence-corrected chi connectivity index (χ4v) is 3.04. The highest BCUT2D eigenvalue weighted by atomic mass is 14.9. The predicted octanol–water partition coefficient (Wildman–Crippen LogP) is 4.20. The van der Waals surface area contributed by atoms with Crippen LogP contribution in [0.1, 0.15) is 51.5 Å². The number of nitrogens with one attached hydrogen (secondary N) is 1. The van der Waals surface area contributed by atoms with E-state index in [9.17, 15) is 0 Å². The van der Waals surface area contributed by atoms with Crippen molar-refractivity contribution in [3.63, 3.8) is 0 Å². The Balaban J connectivity index is 1.83. The molecule has 4 unspecified atom stereocenters. The maximum atomic E-state index is 3.80. The number of hydrogen-bond acceptors (Lipinski definition) is 1. The first kappa shape index (κ1) is 13.6. The van der Waals surface area contributed by atoms with Crippen molar-refractivity contribution in [2.75, 3.05) is 6.54 Å². The molecule has 0 amide bonds. The van der Waals surface area contributed by atoms with Gasteiger partial charge in [-0.1, -0.05) is 57.5 Å². The summed E-state index contributed by atoms with van der Waals surface area (Å²) < 4.78 is 0. The molecule has 100 valence electrons. The van der Waals surface area contributed by atoms with Crippen molar-refractivity contribution in [1.29, 1.82) is 0 Å². The Labute approximate surface area is 112 Å². The summed E-state index contributed by atoms with van der Waals surface area (Å²) in [5.41, 5.74) is 1.45. The molecule has 1 saturated carbocycles. The lowest BCUT2D eigenvalue weighted by molar-refractivity contribution is 0.227. The molecule has 0 bridgehead atoms. The minimum absolute atomic E-state index is 0.607. The maximum absolute atomic E-state index is 3.80. The van der Waals surface area contributed by atoms with Crippen LogP contribution in [-0.2, 0) is 0 Å². The SMILES string of the molecule is CC1CCC(C)C(NCC(C)c2ccccc2)C1. The molecule has 1 aromatic rings. The molecular weight excluding hydrogens is 218 g/mol. The molecule has 0 aliphatic heterocycles. The fraction of sp³-hybridized carbons (Fsp3) is 0.647. The van der Waals surface area contributed by atoms with Gasteiger partial charge in [-0.2, -0.15) is 0 Å². The Morgan fingerprint density at radius 3 is 2.61 bits per heavy atom. The minimum atomic E-state index is 0.607. The summed E-state index contributed by atoms with van der Waals surface area (Å²) in [6.45, 7) is 8.21. The Morgan fingerprint density at radius 2 is 1.89 bits per heavy atom. The van der Waals surface area contributed by atoms with Gasteiger partial charge >= 0.3 is 0 Å². The highest BCUT2D eigenvalue weighted by Gasteiger charge is 2.25. The van der Waals surface area contributed by atoms with Gasteiger partial charge in [-0.25, -0.2) is 0 Å². The molecule has 4 atom stereocenters. The molecule has 0 spiro atoms. The molecule has 2 rings (SSSR count). The number of rotatable bonds is 4. The van der Waals surface area contributed by atoms with Crippen LogP contribution in [0.2, 0.25) is 0 Å². The summed E-state index contributed by atoms with van der Waals surface area (Å²) in [5.74, 6) is 2.34. The van der Waals surface area contributed by atoms with Gasteiger partial charge in [0.25, 0.3) is 0 Å². The summed E-state index contributed by atoms with van der Waals surface area (Å²) in [5, 5.41) is 3.80. The van der Waals surface area contributed by atoms with Crippen molar-refractivity contribution in [2.24, 2.45) is 11.8 Å². The van der Waals surface area contributed by atoms with Crippen LogP contribution in [0.4, 0.5) is 0 Å². The number of benzene rings is 1. The lowest BCUT2D eigenvalue weighted by atomic mass is 9.80. The van der Waals surface area contributed by atoms with E-state index in [0.29, 0.717) is 5.92 Å². The van der Waals surface area contributed by atoms with Gasteiger partial charge in [0, 0.05) is 12.6 Å². The molecule has 18 heavy (non-hydrogen) atoms. The second-order valence-electron chi connectivity index (χ2n) is 6.22. The van der Waals surface area contributed by atoms with E-state index >= 15 is 0 Å². The quantitative estimate of drug-likeness (QED) is 0.838. The van der Waals surface area contributed by atoms with Crippen LogP contribution in [0.5, 0.6) is 0 Å². The summed E-state index contributed by atoms with van der Waals surface area (Å²) in [6, 6.07) is 11.6. The molecule has 1 nitrogen and oxygen atoms in total. The second kappa shape index (κ2) is 6.38. The first-order chi connectivity index (χ1) is 8.66. The van der Waals surface area contributed by atoms with Crippen molar-refractivity contribution in [1.82, 2.24) is 5.32 Å². The average molecular weight is 245 g/mol. The van der Waals surface area contributed by atoms with Crippen molar-refractivity contribution < 1.29 is 0 Å². The molecule has 1 fully saturated rings. The van der Waals surface area contributed by atoms with Crippen molar-refractivity contribution >= 4 is 0 Å². The van der Waals surface area contributed by atoms with E-state index in [1.54, 1.807) is 0 Å². The van der Waals surface area contributed by atoms with E-state index in [1.165, 1.54) is 24.8 Å². The predicted molar refractivity (Wildman–Crippen MR) is 78.8 cm³/mol. The van der Waals surface area contributed by atoms with E-state index in [4.69, 9.17) is 0 Å². The lowest BCUT2D eigenvalue weighted by Crippen LogP contribution is -2.41. The smallest absolute Gasteiger partial charge is 0.00954 e. The maximum Gasteiger partial charge on any atom is 0.00954 e. The normalized spacial score (nSPS) is 30.1. The lowest BCUT2D eigenvalue weighted by Gasteiger charge is -2.34. The van der Waals surface area contributed by atoms with Crippen LogP contribution in [0.3, 0.4) is 0 Å². The van der Waals surface area contributed by atoms with Crippen molar-refractivity contribution in [3.8, 4) is 0 Å². The Hall–Kier alpha value is -0.820. The van der Waals surface area contributed by atoms with E-state index in [2.05, 4.69) is 56.4 Å². The molecule has 1 heteroatoms. The van der Waals surface area contributed by atoms with E-state index in [1.807, 2.05) is 0 Å². The molecule has 1 aliphatic carbocycles. The fourth-order valence-electron chi connectivity index (χ4n) is 3.04.